The molecule has 0 bridgehead atoms. The second kappa shape index (κ2) is 8.47. The number of primary amides is 1. The molecular weight excluding hydrogens is 380 g/mol. The highest BCUT2D eigenvalue weighted by Crippen LogP contribution is 2.36. The molecule has 0 saturated carbocycles. The van der Waals surface area contributed by atoms with Gasteiger partial charge in [-0.2, -0.15) is 4.98 Å². The fourth-order valence-electron chi connectivity index (χ4n) is 3.09. The lowest BCUT2D eigenvalue weighted by Gasteiger charge is -2.27. The fraction of sp³-hybridized carbons (Fsp3) is 0.368. The number of nitrogens with two attached hydrogens (primary N) is 1. The first-order chi connectivity index (χ1) is 13.4. The van der Waals surface area contributed by atoms with Crippen molar-refractivity contribution in [2.75, 3.05) is 17.7 Å². The molecule has 2 heterocycles. The zero-order chi connectivity index (χ0) is 20.3. The Morgan fingerprint density at radius 3 is 2.71 bits per heavy atom. The van der Waals surface area contributed by atoms with Crippen molar-refractivity contribution in [1.82, 2.24) is 9.55 Å². The monoisotopic (exact) mass is 402 g/mol. The number of carbonyl (C=O) groups excluding carboxylic acids is 2. The van der Waals surface area contributed by atoms with Gasteiger partial charge in [0.2, 0.25) is 5.91 Å². The van der Waals surface area contributed by atoms with E-state index in [-0.39, 0.29) is 24.5 Å². The smallest absolute Gasteiger partial charge is 0.279 e. The lowest BCUT2D eigenvalue weighted by molar-refractivity contribution is -0.120. The molecule has 0 aliphatic carbocycles. The predicted octanol–water partition coefficient (Wildman–Crippen LogP) is 1.62. The van der Waals surface area contributed by atoms with Gasteiger partial charge in [0.15, 0.2) is 11.8 Å². The van der Waals surface area contributed by atoms with E-state index in [9.17, 15) is 14.4 Å². The van der Waals surface area contributed by atoms with Crippen LogP contribution in [-0.4, -0.2) is 33.7 Å². The van der Waals surface area contributed by atoms with Gasteiger partial charge in [-0.25, -0.2) is 0 Å². The number of carbonyl (C=O) groups is 2. The van der Waals surface area contributed by atoms with Gasteiger partial charge in [-0.05, 0) is 24.1 Å². The molecule has 0 saturated heterocycles. The first kappa shape index (κ1) is 19.9. The SMILES string of the molecule is CCCSc1nc(=O)c2c(n1C)NC(=O)C[C@@H]2c1ccc(OCC(N)=O)cc1. The lowest BCUT2D eigenvalue weighted by atomic mass is 9.87. The average Bonchev–Trinajstić information content (AvgIpc) is 2.67. The van der Waals surface area contributed by atoms with Crippen LogP contribution in [0.3, 0.4) is 0 Å². The van der Waals surface area contributed by atoms with E-state index in [0.29, 0.717) is 22.3 Å². The van der Waals surface area contributed by atoms with Gasteiger partial charge >= 0.3 is 0 Å². The number of nitrogens with zero attached hydrogens (tertiary/aromatic N) is 2. The third-order valence-electron chi connectivity index (χ3n) is 4.40. The summed E-state index contributed by atoms with van der Waals surface area (Å²) in [5, 5.41) is 3.41. The van der Waals surface area contributed by atoms with E-state index in [4.69, 9.17) is 10.5 Å². The first-order valence-corrected chi connectivity index (χ1v) is 9.94. The Kier molecular flexibility index (Phi) is 6.03. The third-order valence-corrected chi connectivity index (χ3v) is 5.64. The van der Waals surface area contributed by atoms with Gasteiger partial charge in [-0.3, -0.25) is 14.4 Å². The maximum absolute atomic E-state index is 12.8. The molecule has 1 aromatic heterocycles. The summed E-state index contributed by atoms with van der Waals surface area (Å²) in [6.07, 6.45) is 1.11. The minimum atomic E-state index is -0.562. The van der Waals surface area contributed by atoms with Crippen LogP contribution in [-0.2, 0) is 16.6 Å². The molecule has 8 nitrogen and oxygen atoms in total. The predicted molar refractivity (Wildman–Crippen MR) is 107 cm³/mol. The van der Waals surface area contributed by atoms with Gasteiger partial charge in [0.25, 0.3) is 11.5 Å². The maximum Gasteiger partial charge on any atom is 0.279 e. The summed E-state index contributed by atoms with van der Waals surface area (Å²) in [6, 6.07) is 6.94. The lowest BCUT2D eigenvalue weighted by Crippen LogP contribution is -2.33. The molecule has 1 aromatic carbocycles. The maximum atomic E-state index is 12.8. The zero-order valence-corrected chi connectivity index (χ0v) is 16.5. The van der Waals surface area contributed by atoms with Crippen molar-refractivity contribution in [2.24, 2.45) is 12.8 Å². The summed E-state index contributed by atoms with van der Waals surface area (Å²) in [4.78, 5) is 40.1. The van der Waals surface area contributed by atoms with E-state index < -0.39 is 11.8 Å². The Labute approximate surface area is 166 Å². The summed E-state index contributed by atoms with van der Waals surface area (Å²) in [7, 11) is 1.80. The average molecular weight is 402 g/mol. The van der Waals surface area contributed by atoms with Crippen LogP contribution in [0.4, 0.5) is 5.82 Å². The van der Waals surface area contributed by atoms with Crippen LogP contribution in [0.2, 0.25) is 0 Å². The quantitative estimate of drug-likeness (QED) is 0.537. The van der Waals surface area contributed by atoms with E-state index in [1.54, 1.807) is 35.9 Å². The highest BCUT2D eigenvalue weighted by molar-refractivity contribution is 7.99. The van der Waals surface area contributed by atoms with Gasteiger partial charge in [0.05, 0.1) is 5.56 Å². The summed E-state index contributed by atoms with van der Waals surface area (Å²) < 4.78 is 7.03. The Balaban J connectivity index is 1.97. The standard InChI is InChI=1S/C19H22N4O4S/c1-3-8-28-19-22-18(26)16-13(9-15(25)21-17(16)23(19)2)11-4-6-12(7-5-11)27-10-14(20)24/h4-7,13H,3,8-10H2,1-2H3,(H2,20,24)(H,21,25)/t13-/m1/s1. The molecule has 1 aliphatic rings. The Morgan fingerprint density at radius 2 is 2.07 bits per heavy atom. The molecule has 9 heteroatoms. The molecule has 1 atom stereocenters. The van der Waals surface area contributed by atoms with Crippen molar-refractivity contribution >= 4 is 29.4 Å². The second-order valence-electron chi connectivity index (χ2n) is 6.50. The van der Waals surface area contributed by atoms with Crippen LogP contribution in [0.15, 0.2) is 34.2 Å². The van der Waals surface area contributed by atoms with E-state index in [1.807, 2.05) is 0 Å². The van der Waals surface area contributed by atoms with Crippen LogP contribution in [0.1, 0.15) is 36.8 Å². The molecule has 2 amide bonds. The molecule has 3 rings (SSSR count). The molecule has 0 fully saturated rings. The van der Waals surface area contributed by atoms with E-state index in [2.05, 4.69) is 17.2 Å². The number of amides is 2. The Bertz CT molecular complexity index is 956. The molecule has 3 N–H and O–H groups in total. The van der Waals surface area contributed by atoms with Crippen molar-refractivity contribution in [1.29, 1.82) is 0 Å². The van der Waals surface area contributed by atoms with E-state index >= 15 is 0 Å². The normalized spacial score (nSPS) is 15.6. The summed E-state index contributed by atoms with van der Waals surface area (Å²) in [5.41, 5.74) is 6.03. The summed E-state index contributed by atoms with van der Waals surface area (Å²) >= 11 is 1.49. The molecule has 0 spiro atoms. The highest BCUT2D eigenvalue weighted by atomic mass is 32.2. The van der Waals surface area contributed by atoms with Gasteiger partial charge in [-0.1, -0.05) is 30.8 Å². The number of fused-ring (bicyclic) bond motifs is 1. The number of nitrogens with one attached hydrogen (secondary N) is 1. The number of benzene rings is 1. The van der Waals surface area contributed by atoms with Crippen molar-refractivity contribution in [3.05, 3.63) is 45.7 Å². The molecule has 2 aromatic rings. The van der Waals surface area contributed by atoms with Crippen LogP contribution < -0.4 is 21.3 Å². The van der Waals surface area contributed by atoms with Gasteiger partial charge < -0.3 is 20.4 Å². The number of ether oxygens (including phenoxy) is 1. The number of hydrogen-bond donors (Lipinski definition) is 2. The summed E-state index contributed by atoms with van der Waals surface area (Å²) in [5.74, 6) is 0.704. The van der Waals surface area contributed by atoms with Crippen LogP contribution in [0.5, 0.6) is 5.75 Å². The molecule has 0 radical (unpaired) electrons. The van der Waals surface area contributed by atoms with Crippen LogP contribution >= 0.6 is 11.8 Å². The molecule has 0 unspecified atom stereocenters. The van der Waals surface area contributed by atoms with Crippen LogP contribution in [0.25, 0.3) is 0 Å². The Hall–Kier alpha value is -2.81. The Morgan fingerprint density at radius 1 is 1.36 bits per heavy atom. The number of rotatable bonds is 7. The molecular formula is C19H22N4O4S. The first-order valence-electron chi connectivity index (χ1n) is 8.95. The van der Waals surface area contributed by atoms with Crippen molar-refractivity contribution in [3.63, 3.8) is 0 Å². The fourth-order valence-corrected chi connectivity index (χ4v) is 3.91. The molecule has 28 heavy (non-hydrogen) atoms. The van der Waals surface area contributed by atoms with E-state index in [0.717, 1.165) is 17.7 Å². The number of aromatic nitrogens is 2. The largest absolute Gasteiger partial charge is 0.484 e. The number of thioether (sulfide) groups is 1. The minimum Gasteiger partial charge on any atom is -0.484 e. The van der Waals surface area contributed by atoms with Gasteiger partial charge in [-0.15, -0.1) is 0 Å². The van der Waals surface area contributed by atoms with E-state index in [1.165, 1.54) is 11.8 Å². The van der Waals surface area contributed by atoms with Crippen molar-refractivity contribution in [2.45, 2.75) is 30.8 Å². The number of hydrogen-bond acceptors (Lipinski definition) is 6. The second-order valence-corrected chi connectivity index (χ2v) is 7.56. The van der Waals surface area contributed by atoms with Crippen LogP contribution in [0, 0.1) is 0 Å². The van der Waals surface area contributed by atoms with Gasteiger partial charge in [0, 0.05) is 25.1 Å². The van der Waals surface area contributed by atoms with Crippen molar-refractivity contribution < 1.29 is 14.3 Å². The highest BCUT2D eigenvalue weighted by Gasteiger charge is 2.32. The van der Waals surface area contributed by atoms with Gasteiger partial charge in [0.1, 0.15) is 11.6 Å². The number of anilines is 1. The minimum absolute atomic E-state index is 0.154. The topological polar surface area (TPSA) is 116 Å². The molecule has 148 valence electrons. The van der Waals surface area contributed by atoms with Crippen molar-refractivity contribution in [3.8, 4) is 5.75 Å². The third kappa shape index (κ3) is 4.19. The summed E-state index contributed by atoms with van der Waals surface area (Å²) in [6.45, 7) is 1.84. The molecule has 1 aliphatic heterocycles. The zero-order valence-electron chi connectivity index (χ0n) is 15.7.